The van der Waals surface area contributed by atoms with Crippen LogP contribution >= 0.6 is 0 Å². The molecule has 0 aliphatic heterocycles. The number of carbonyl (C=O) groups excluding carboxylic acids is 1. The molecule has 0 heterocycles. The van der Waals surface area contributed by atoms with Gasteiger partial charge in [-0.3, -0.25) is 0 Å². The third-order valence-electron chi connectivity index (χ3n) is 2.61. The summed E-state index contributed by atoms with van der Waals surface area (Å²) in [5.41, 5.74) is 2.12. The first-order valence-electron chi connectivity index (χ1n) is 6.17. The van der Waals surface area contributed by atoms with Crippen LogP contribution in [-0.2, 0) is 17.8 Å². The SMILES string of the molecule is O=C(N[CH]Cc1ccccc1)OCc1ccccc1. The van der Waals surface area contributed by atoms with Crippen molar-refractivity contribution in [3.8, 4) is 0 Å². The largest absolute Gasteiger partial charge is 0.445 e. The molecular formula is C16H16NO2. The van der Waals surface area contributed by atoms with Crippen LogP contribution in [0.25, 0.3) is 0 Å². The Morgan fingerprint density at radius 3 is 2.16 bits per heavy atom. The minimum Gasteiger partial charge on any atom is -0.445 e. The average molecular weight is 254 g/mol. The molecule has 3 heteroatoms. The maximum Gasteiger partial charge on any atom is 0.407 e. The summed E-state index contributed by atoms with van der Waals surface area (Å²) in [6, 6.07) is 19.5. The quantitative estimate of drug-likeness (QED) is 0.889. The molecule has 3 nitrogen and oxygen atoms in total. The van der Waals surface area contributed by atoms with Crippen molar-refractivity contribution >= 4 is 6.09 Å². The first-order valence-corrected chi connectivity index (χ1v) is 6.17. The second kappa shape index (κ2) is 7.21. The van der Waals surface area contributed by atoms with Crippen LogP contribution in [0.3, 0.4) is 0 Å². The Labute approximate surface area is 113 Å². The minimum absolute atomic E-state index is 0.284. The van der Waals surface area contributed by atoms with Crippen molar-refractivity contribution in [2.45, 2.75) is 13.0 Å². The van der Waals surface area contributed by atoms with Gasteiger partial charge in [-0.25, -0.2) is 4.79 Å². The van der Waals surface area contributed by atoms with Crippen LogP contribution in [0.5, 0.6) is 0 Å². The standard InChI is InChI=1S/C16H16NO2/c18-16(19-13-15-9-5-2-6-10-15)17-12-11-14-7-3-1-4-8-14/h1-10,12H,11,13H2,(H,17,18). The average Bonchev–Trinajstić information content (AvgIpc) is 2.47. The summed E-state index contributed by atoms with van der Waals surface area (Å²) in [5.74, 6) is 0. The molecule has 0 aliphatic rings. The van der Waals surface area contributed by atoms with E-state index in [1.165, 1.54) is 0 Å². The van der Waals surface area contributed by atoms with E-state index in [1.54, 1.807) is 6.54 Å². The molecule has 2 rings (SSSR count). The second-order valence-electron chi connectivity index (χ2n) is 4.10. The topological polar surface area (TPSA) is 38.3 Å². The lowest BCUT2D eigenvalue weighted by Crippen LogP contribution is -2.22. The van der Waals surface area contributed by atoms with Crippen LogP contribution < -0.4 is 5.32 Å². The van der Waals surface area contributed by atoms with E-state index >= 15 is 0 Å². The number of hydrogen-bond donors (Lipinski definition) is 1. The maximum atomic E-state index is 11.4. The third-order valence-corrected chi connectivity index (χ3v) is 2.61. The van der Waals surface area contributed by atoms with E-state index in [4.69, 9.17) is 4.74 Å². The molecule has 0 aromatic heterocycles. The molecular weight excluding hydrogens is 238 g/mol. The summed E-state index contributed by atoms with van der Waals surface area (Å²) >= 11 is 0. The Bertz CT molecular complexity index is 497. The maximum absolute atomic E-state index is 11.4. The number of carbonyl (C=O) groups is 1. The van der Waals surface area contributed by atoms with Gasteiger partial charge in [0.25, 0.3) is 0 Å². The number of alkyl carbamates (subject to hydrolysis) is 1. The van der Waals surface area contributed by atoms with Crippen LogP contribution in [-0.4, -0.2) is 6.09 Å². The van der Waals surface area contributed by atoms with Crippen molar-refractivity contribution in [3.63, 3.8) is 0 Å². The Kier molecular flexibility index (Phi) is 4.99. The number of benzene rings is 2. The second-order valence-corrected chi connectivity index (χ2v) is 4.10. The van der Waals surface area contributed by atoms with Crippen molar-refractivity contribution in [1.29, 1.82) is 0 Å². The van der Waals surface area contributed by atoms with Crippen LogP contribution in [0.4, 0.5) is 4.79 Å². The summed E-state index contributed by atoms with van der Waals surface area (Å²) in [4.78, 5) is 11.4. The van der Waals surface area contributed by atoms with Gasteiger partial charge in [0, 0.05) is 0 Å². The van der Waals surface area contributed by atoms with E-state index in [-0.39, 0.29) is 6.61 Å². The van der Waals surface area contributed by atoms with Gasteiger partial charge >= 0.3 is 6.09 Å². The highest BCUT2D eigenvalue weighted by atomic mass is 16.5. The predicted octanol–water partition coefficient (Wildman–Crippen LogP) is 3.32. The van der Waals surface area contributed by atoms with Gasteiger partial charge in [-0.1, -0.05) is 60.7 Å². The van der Waals surface area contributed by atoms with Gasteiger partial charge in [0.05, 0.1) is 6.54 Å². The van der Waals surface area contributed by atoms with Crippen LogP contribution in [0, 0.1) is 6.54 Å². The Hall–Kier alpha value is -2.29. The van der Waals surface area contributed by atoms with Crippen molar-refractivity contribution < 1.29 is 9.53 Å². The molecule has 0 atom stereocenters. The molecule has 97 valence electrons. The molecule has 0 saturated carbocycles. The Morgan fingerprint density at radius 2 is 1.53 bits per heavy atom. The van der Waals surface area contributed by atoms with Gasteiger partial charge in [-0.15, -0.1) is 0 Å². The van der Waals surface area contributed by atoms with Crippen LogP contribution in [0.15, 0.2) is 60.7 Å². The lowest BCUT2D eigenvalue weighted by atomic mass is 10.1. The van der Waals surface area contributed by atoms with Crippen molar-refractivity contribution in [3.05, 3.63) is 78.3 Å². The molecule has 2 aromatic rings. The fraction of sp³-hybridized carbons (Fsp3) is 0.125. The van der Waals surface area contributed by atoms with Crippen molar-refractivity contribution in [2.75, 3.05) is 0 Å². The summed E-state index contributed by atoms with van der Waals surface area (Å²) in [5, 5.41) is 2.62. The fourth-order valence-corrected chi connectivity index (χ4v) is 1.63. The number of nitrogens with one attached hydrogen (secondary N) is 1. The van der Waals surface area contributed by atoms with Gasteiger partial charge in [0.15, 0.2) is 0 Å². The van der Waals surface area contributed by atoms with E-state index < -0.39 is 6.09 Å². The van der Waals surface area contributed by atoms with Gasteiger partial charge in [-0.2, -0.15) is 0 Å². The molecule has 0 saturated heterocycles. The van der Waals surface area contributed by atoms with Gasteiger partial charge in [0.1, 0.15) is 6.61 Å². The first kappa shape index (κ1) is 13.1. The van der Waals surface area contributed by atoms with Crippen molar-refractivity contribution in [1.82, 2.24) is 5.32 Å². The lowest BCUT2D eigenvalue weighted by molar-refractivity contribution is 0.142. The molecule has 0 unspecified atom stereocenters. The minimum atomic E-state index is -0.431. The first-order chi connectivity index (χ1) is 9.34. The monoisotopic (exact) mass is 254 g/mol. The molecule has 0 aliphatic carbocycles. The molecule has 1 N–H and O–H groups in total. The molecule has 0 bridgehead atoms. The number of ether oxygens (including phenoxy) is 1. The van der Waals surface area contributed by atoms with E-state index in [2.05, 4.69) is 5.32 Å². The summed E-state index contributed by atoms with van der Waals surface area (Å²) < 4.78 is 5.08. The number of rotatable bonds is 5. The normalized spacial score (nSPS) is 9.89. The zero-order valence-electron chi connectivity index (χ0n) is 10.6. The number of hydrogen-bond acceptors (Lipinski definition) is 2. The zero-order chi connectivity index (χ0) is 13.3. The van der Waals surface area contributed by atoms with E-state index in [0.717, 1.165) is 11.1 Å². The highest BCUT2D eigenvalue weighted by Gasteiger charge is 2.02. The molecule has 1 amide bonds. The summed E-state index contributed by atoms with van der Waals surface area (Å²) in [6.45, 7) is 1.98. The smallest absolute Gasteiger partial charge is 0.407 e. The van der Waals surface area contributed by atoms with Crippen LogP contribution in [0.2, 0.25) is 0 Å². The van der Waals surface area contributed by atoms with Crippen molar-refractivity contribution in [2.24, 2.45) is 0 Å². The van der Waals surface area contributed by atoms with E-state index in [1.807, 2.05) is 60.7 Å². The summed E-state index contributed by atoms with van der Waals surface area (Å²) in [6.07, 6.45) is 0.251. The highest BCUT2D eigenvalue weighted by molar-refractivity contribution is 5.67. The highest BCUT2D eigenvalue weighted by Crippen LogP contribution is 2.02. The lowest BCUT2D eigenvalue weighted by Gasteiger charge is -2.06. The van der Waals surface area contributed by atoms with Crippen LogP contribution in [0.1, 0.15) is 11.1 Å². The Balaban J connectivity index is 1.65. The fourth-order valence-electron chi connectivity index (χ4n) is 1.63. The predicted molar refractivity (Wildman–Crippen MR) is 74.2 cm³/mol. The van der Waals surface area contributed by atoms with Gasteiger partial charge < -0.3 is 10.1 Å². The third kappa shape index (κ3) is 4.84. The number of amides is 1. The molecule has 0 fully saturated rings. The Morgan fingerprint density at radius 1 is 0.947 bits per heavy atom. The van der Waals surface area contributed by atoms with Gasteiger partial charge in [-0.05, 0) is 17.5 Å². The zero-order valence-corrected chi connectivity index (χ0v) is 10.6. The van der Waals surface area contributed by atoms with E-state index in [0.29, 0.717) is 6.42 Å². The molecule has 2 aromatic carbocycles. The van der Waals surface area contributed by atoms with E-state index in [9.17, 15) is 4.79 Å². The molecule has 0 spiro atoms. The summed E-state index contributed by atoms with van der Waals surface area (Å²) in [7, 11) is 0. The molecule has 19 heavy (non-hydrogen) atoms. The molecule has 1 radical (unpaired) electrons. The van der Waals surface area contributed by atoms with Gasteiger partial charge in [0.2, 0.25) is 0 Å².